The first-order valence-corrected chi connectivity index (χ1v) is 7.97. The van der Waals surface area contributed by atoms with Crippen LogP contribution in [0.2, 0.25) is 0 Å². The molecule has 0 radical (unpaired) electrons. The number of hydrogen-bond donors (Lipinski definition) is 1. The Labute approximate surface area is 140 Å². The van der Waals surface area contributed by atoms with E-state index in [1.807, 2.05) is 6.07 Å². The average Bonchev–Trinajstić information content (AvgIpc) is 2.85. The van der Waals surface area contributed by atoms with Gasteiger partial charge in [0, 0.05) is 25.7 Å². The largest absolute Gasteiger partial charge is 0.480 e. The molecule has 2 amide bonds. The molecule has 1 N–H and O–H groups in total. The summed E-state index contributed by atoms with van der Waals surface area (Å²) in [4.78, 5) is 14.5. The number of methoxy groups -OCH3 is 1. The van der Waals surface area contributed by atoms with E-state index in [9.17, 15) is 9.18 Å². The van der Waals surface area contributed by atoms with Gasteiger partial charge >= 0.3 is 6.03 Å². The summed E-state index contributed by atoms with van der Waals surface area (Å²) in [5.74, 6) is 0.700. The molecule has 128 valence electrons. The highest BCUT2D eigenvalue weighted by atomic mass is 19.1. The first-order valence-electron chi connectivity index (χ1n) is 7.97. The molecule has 6 nitrogen and oxygen atoms in total. The molecule has 1 aromatic heterocycles. The van der Waals surface area contributed by atoms with Gasteiger partial charge in [-0.2, -0.15) is 0 Å². The lowest BCUT2D eigenvalue weighted by molar-refractivity contribution is 0.143. The quantitative estimate of drug-likeness (QED) is 0.915. The van der Waals surface area contributed by atoms with Gasteiger partial charge in [-0.15, -0.1) is 5.10 Å². The fraction of sp³-hybridized carbons (Fsp3) is 0.412. The van der Waals surface area contributed by atoms with E-state index < -0.39 is 0 Å². The number of aryl methyl sites for hydroxylation is 1. The zero-order valence-corrected chi connectivity index (χ0v) is 13.8. The maximum absolute atomic E-state index is 13.4. The molecule has 0 aliphatic heterocycles. The third-order valence-corrected chi connectivity index (χ3v) is 4.32. The molecule has 1 aromatic carbocycles. The minimum absolute atomic E-state index is 0.184. The van der Waals surface area contributed by atoms with E-state index in [1.165, 1.54) is 19.2 Å². The molecule has 0 unspecified atom stereocenters. The fourth-order valence-corrected chi connectivity index (χ4v) is 2.74. The number of rotatable bonds is 5. The highest BCUT2D eigenvalue weighted by Gasteiger charge is 2.29. The lowest BCUT2D eigenvalue weighted by Gasteiger charge is -2.37. The molecule has 0 saturated heterocycles. The normalized spacial score (nSPS) is 14.1. The van der Waals surface area contributed by atoms with Crippen LogP contribution in [0, 0.1) is 5.82 Å². The molecular formula is C17H21FN4O2. The number of ether oxygens (including phenoxy) is 1. The SMILES string of the molecule is COc1cc(NC(=O)N(Cc2cccc(F)c2)C2CCC2)n(C)n1. The van der Waals surface area contributed by atoms with Crippen molar-refractivity contribution in [1.82, 2.24) is 14.7 Å². The number of carbonyl (C=O) groups excluding carboxylic acids is 1. The molecule has 1 aliphatic rings. The van der Waals surface area contributed by atoms with Gasteiger partial charge in [0.25, 0.3) is 0 Å². The highest BCUT2D eigenvalue weighted by molar-refractivity contribution is 5.88. The van der Waals surface area contributed by atoms with E-state index in [4.69, 9.17) is 4.74 Å². The number of aromatic nitrogens is 2. The van der Waals surface area contributed by atoms with Crippen molar-refractivity contribution in [3.05, 3.63) is 41.7 Å². The monoisotopic (exact) mass is 332 g/mol. The molecule has 0 spiro atoms. The van der Waals surface area contributed by atoms with E-state index in [2.05, 4.69) is 10.4 Å². The maximum atomic E-state index is 13.4. The molecule has 7 heteroatoms. The van der Waals surface area contributed by atoms with Gasteiger partial charge in [0.05, 0.1) is 7.11 Å². The molecule has 1 heterocycles. The molecule has 0 atom stereocenters. The summed E-state index contributed by atoms with van der Waals surface area (Å²) in [6.45, 7) is 0.378. The van der Waals surface area contributed by atoms with Gasteiger partial charge in [-0.05, 0) is 37.0 Å². The predicted molar refractivity (Wildman–Crippen MR) is 88.4 cm³/mol. The number of halogens is 1. The summed E-state index contributed by atoms with van der Waals surface area (Å²) in [7, 11) is 3.26. The van der Waals surface area contributed by atoms with Gasteiger partial charge in [0.2, 0.25) is 5.88 Å². The van der Waals surface area contributed by atoms with Crippen LogP contribution >= 0.6 is 0 Å². The number of carbonyl (C=O) groups is 1. The van der Waals surface area contributed by atoms with Crippen molar-refractivity contribution in [1.29, 1.82) is 0 Å². The molecule has 24 heavy (non-hydrogen) atoms. The van der Waals surface area contributed by atoms with Crippen LogP contribution in [0.25, 0.3) is 0 Å². The van der Waals surface area contributed by atoms with Crippen LogP contribution < -0.4 is 10.1 Å². The molecule has 3 rings (SSSR count). The van der Waals surface area contributed by atoms with Gasteiger partial charge < -0.3 is 9.64 Å². The molecule has 1 saturated carbocycles. The minimum Gasteiger partial charge on any atom is -0.480 e. The zero-order valence-electron chi connectivity index (χ0n) is 13.8. The Morgan fingerprint density at radius 2 is 2.25 bits per heavy atom. The van der Waals surface area contributed by atoms with E-state index in [0.29, 0.717) is 18.2 Å². The zero-order chi connectivity index (χ0) is 17.1. The van der Waals surface area contributed by atoms with Crippen LogP contribution in [-0.2, 0) is 13.6 Å². The number of benzene rings is 1. The van der Waals surface area contributed by atoms with Gasteiger partial charge in [-0.3, -0.25) is 5.32 Å². The molecule has 1 fully saturated rings. The van der Waals surface area contributed by atoms with E-state index >= 15 is 0 Å². The number of nitrogens with zero attached hydrogens (tertiary/aromatic N) is 3. The second kappa shape index (κ2) is 6.90. The van der Waals surface area contributed by atoms with Crippen molar-refractivity contribution in [3.63, 3.8) is 0 Å². The molecule has 1 aliphatic carbocycles. The third-order valence-electron chi connectivity index (χ3n) is 4.32. The first-order chi connectivity index (χ1) is 11.6. The van der Waals surface area contributed by atoms with E-state index in [1.54, 1.807) is 28.8 Å². The van der Waals surface area contributed by atoms with E-state index in [-0.39, 0.29) is 17.9 Å². The van der Waals surface area contributed by atoms with E-state index in [0.717, 1.165) is 24.8 Å². The van der Waals surface area contributed by atoms with Crippen molar-refractivity contribution in [3.8, 4) is 5.88 Å². The molecular weight excluding hydrogens is 311 g/mol. The standard InChI is InChI=1S/C17H21FN4O2/c1-21-15(10-16(20-21)24-2)19-17(23)22(14-7-4-8-14)11-12-5-3-6-13(18)9-12/h3,5-6,9-10,14H,4,7-8,11H2,1-2H3,(H,19,23). The Bertz CT molecular complexity index is 727. The Morgan fingerprint density at radius 1 is 1.46 bits per heavy atom. The first kappa shape index (κ1) is 16.3. The molecule has 2 aromatic rings. The number of nitrogens with one attached hydrogen (secondary N) is 1. The minimum atomic E-state index is -0.294. The summed E-state index contributed by atoms with van der Waals surface area (Å²) >= 11 is 0. The van der Waals surface area contributed by atoms with Crippen molar-refractivity contribution in [2.24, 2.45) is 7.05 Å². The number of urea groups is 1. The Kier molecular flexibility index (Phi) is 4.69. The smallest absolute Gasteiger partial charge is 0.323 e. The second-order valence-corrected chi connectivity index (χ2v) is 5.97. The summed E-state index contributed by atoms with van der Waals surface area (Å²) in [6, 6.07) is 7.99. The summed E-state index contributed by atoms with van der Waals surface area (Å²) in [6.07, 6.45) is 3.05. The summed E-state index contributed by atoms with van der Waals surface area (Å²) < 4.78 is 20.0. The van der Waals surface area contributed by atoms with Crippen LogP contribution in [0.1, 0.15) is 24.8 Å². The van der Waals surface area contributed by atoms with Crippen LogP contribution in [0.3, 0.4) is 0 Å². The number of hydrogen-bond acceptors (Lipinski definition) is 3. The average molecular weight is 332 g/mol. The number of anilines is 1. The lowest BCUT2D eigenvalue weighted by Crippen LogP contribution is -2.46. The Balaban J connectivity index is 1.75. The third kappa shape index (κ3) is 3.50. The van der Waals surface area contributed by atoms with Crippen LogP contribution in [0.4, 0.5) is 15.0 Å². The fourth-order valence-electron chi connectivity index (χ4n) is 2.74. The van der Waals surface area contributed by atoms with Crippen molar-refractivity contribution < 1.29 is 13.9 Å². The van der Waals surface area contributed by atoms with Crippen molar-refractivity contribution >= 4 is 11.8 Å². The van der Waals surface area contributed by atoms with Crippen molar-refractivity contribution in [2.45, 2.75) is 31.8 Å². The maximum Gasteiger partial charge on any atom is 0.323 e. The lowest BCUT2D eigenvalue weighted by atomic mass is 9.91. The van der Waals surface area contributed by atoms with Gasteiger partial charge in [-0.25, -0.2) is 13.9 Å². The van der Waals surface area contributed by atoms with Crippen molar-refractivity contribution in [2.75, 3.05) is 12.4 Å². The van der Waals surface area contributed by atoms with Gasteiger partial charge in [-0.1, -0.05) is 12.1 Å². The summed E-state index contributed by atoms with van der Waals surface area (Å²) in [5.41, 5.74) is 0.777. The van der Waals surface area contributed by atoms with Crippen LogP contribution in [0.15, 0.2) is 30.3 Å². The Morgan fingerprint density at radius 3 is 2.83 bits per heavy atom. The van der Waals surface area contributed by atoms with Gasteiger partial charge in [0.15, 0.2) is 0 Å². The summed E-state index contributed by atoms with van der Waals surface area (Å²) in [5, 5.41) is 6.99. The number of amides is 2. The topological polar surface area (TPSA) is 59.4 Å². The Hall–Kier alpha value is -2.57. The van der Waals surface area contributed by atoms with Gasteiger partial charge in [0.1, 0.15) is 11.6 Å². The van der Waals surface area contributed by atoms with Crippen LogP contribution in [0.5, 0.6) is 5.88 Å². The highest BCUT2D eigenvalue weighted by Crippen LogP contribution is 2.27. The predicted octanol–water partition coefficient (Wildman–Crippen LogP) is 3.15. The molecule has 0 bridgehead atoms. The van der Waals surface area contributed by atoms with Crippen LogP contribution in [-0.4, -0.2) is 33.9 Å². The second-order valence-electron chi connectivity index (χ2n) is 5.97.